The number of sulfone groups is 1. The van der Waals surface area contributed by atoms with E-state index in [4.69, 9.17) is 0 Å². The fraction of sp³-hybridized carbons (Fsp3) is 0.409. The minimum Gasteiger partial charge on any atom is -0.349 e. The van der Waals surface area contributed by atoms with Crippen LogP contribution in [0.2, 0.25) is 0 Å². The van der Waals surface area contributed by atoms with Gasteiger partial charge >= 0.3 is 0 Å². The van der Waals surface area contributed by atoms with Gasteiger partial charge in [0.1, 0.15) is 0 Å². The van der Waals surface area contributed by atoms with E-state index in [2.05, 4.69) is 5.32 Å². The summed E-state index contributed by atoms with van der Waals surface area (Å²) < 4.78 is 50.2. The van der Waals surface area contributed by atoms with Crippen molar-refractivity contribution in [1.29, 1.82) is 0 Å². The van der Waals surface area contributed by atoms with Crippen LogP contribution in [0.4, 0.5) is 0 Å². The van der Waals surface area contributed by atoms with Crippen LogP contribution in [0.1, 0.15) is 37.8 Å². The van der Waals surface area contributed by atoms with Crippen molar-refractivity contribution in [3.05, 3.63) is 60.2 Å². The molecule has 7 nitrogen and oxygen atoms in total. The number of rotatable bonds is 7. The summed E-state index contributed by atoms with van der Waals surface area (Å²) >= 11 is 0. The number of carbonyl (C=O) groups excluding carboxylic acids is 1. The first-order valence-corrected chi connectivity index (χ1v) is 13.6. The van der Waals surface area contributed by atoms with Gasteiger partial charge in [0, 0.05) is 25.3 Å². The molecule has 0 aromatic heterocycles. The molecule has 1 unspecified atom stereocenters. The van der Waals surface area contributed by atoms with Gasteiger partial charge in [0.25, 0.3) is 0 Å². The van der Waals surface area contributed by atoms with E-state index in [0.717, 1.165) is 11.8 Å². The van der Waals surface area contributed by atoms with Crippen molar-refractivity contribution in [2.75, 3.05) is 19.3 Å². The van der Waals surface area contributed by atoms with Crippen molar-refractivity contribution in [3.8, 4) is 0 Å². The predicted molar refractivity (Wildman–Crippen MR) is 119 cm³/mol. The molecule has 0 bridgehead atoms. The topological polar surface area (TPSA) is 101 Å². The molecule has 0 spiro atoms. The van der Waals surface area contributed by atoms with Crippen molar-refractivity contribution >= 4 is 25.8 Å². The fourth-order valence-electron chi connectivity index (χ4n) is 3.76. The maximum atomic E-state index is 12.8. The van der Waals surface area contributed by atoms with Gasteiger partial charge in [0.05, 0.1) is 15.8 Å². The van der Waals surface area contributed by atoms with Gasteiger partial charge in [-0.25, -0.2) is 16.8 Å². The molecule has 9 heteroatoms. The summed E-state index contributed by atoms with van der Waals surface area (Å²) in [6, 6.07) is 14.6. The van der Waals surface area contributed by atoms with Gasteiger partial charge in [-0.1, -0.05) is 37.3 Å². The van der Waals surface area contributed by atoms with Gasteiger partial charge in [0.15, 0.2) is 9.84 Å². The van der Waals surface area contributed by atoms with Crippen LogP contribution < -0.4 is 5.32 Å². The van der Waals surface area contributed by atoms with E-state index >= 15 is 0 Å². The molecule has 0 aliphatic carbocycles. The number of sulfonamides is 1. The van der Waals surface area contributed by atoms with Crippen LogP contribution in [0, 0.1) is 5.92 Å². The summed E-state index contributed by atoms with van der Waals surface area (Å²) in [4.78, 5) is 13.3. The van der Waals surface area contributed by atoms with E-state index < -0.39 is 19.9 Å². The summed E-state index contributed by atoms with van der Waals surface area (Å²) in [6.07, 6.45) is 2.74. The fourth-order valence-corrected chi connectivity index (χ4v) is 5.88. The number of hydrogen-bond donors (Lipinski definition) is 1. The van der Waals surface area contributed by atoms with E-state index in [0.29, 0.717) is 32.4 Å². The van der Waals surface area contributed by atoms with E-state index in [1.165, 1.54) is 4.31 Å². The van der Waals surface area contributed by atoms with Crippen LogP contribution >= 0.6 is 0 Å². The molecule has 2 aromatic rings. The largest absolute Gasteiger partial charge is 0.349 e. The van der Waals surface area contributed by atoms with Crippen molar-refractivity contribution in [2.24, 2.45) is 5.92 Å². The first-order valence-electron chi connectivity index (χ1n) is 10.3. The second kappa shape index (κ2) is 9.50. The maximum Gasteiger partial charge on any atom is 0.243 e. The lowest BCUT2D eigenvalue weighted by Crippen LogP contribution is -2.43. The Morgan fingerprint density at radius 1 is 0.968 bits per heavy atom. The Bertz CT molecular complexity index is 1110. The number of benzene rings is 2. The Morgan fingerprint density at radius 3 is 2.06 bits per heavy atom. The minimum absolute atomic E-state index is 0.101. The molecule has 1 aliphatic rings. The highest BCUT2D eigenvalue weighted by atomic mass is 32.2. The van der Waals surface area contributed by atoms with Crippen LogP contribution in [-0.4, -0.2) is 46.4 Å². The van der Waals surface area contributed by atoms with Crippen LogP contribution in [0.25, 0.3) is 0 Å². The molecule has 2 aromatic carbocycles. The van der Waals surface area contributed by atoms with Crippen LogP contribution in [-0.2, 0) is 24.7 Å². The van der Waals surface area contributed by atoms with Crippen molar-refractivity contribution < 1.29 is 21.6 Å². The van der Waals surface area contributed by atoms with Crippen LogP contribution in [0.15, 0.2) is 64.4 Å². The summed E-state index contributed by atoms with van der Waals surface area (Å²) in [7, 11) is -6.82. The number of hydrogen-bond acceptors (Lipinski definition) is 5. The van der Waals surface area contributed by atoms with Gasteiger partial charge in [0.2, 0.25) is 15.9 Å². The summed E-state index contributed by atoms with van der Waals surface area (Å²) in [5.41, 5.74) is 0.840. The molecule has 0 saturated carbocycles. The Hall–Kier alpha value is -2.23. The lowest BCUT2D eigenvalue weighted by Gasteiger charge is -2.31. The van der Waals surface area contributed by atoms with Gasteiger partial charge in [-0.3, -0.25) is 4.79 Å². The van der Waals surface area contributed by atoms with E-state index in [9.17, 15) is 21.6 Å². The lowest BCUT2D eigenvalue weighted by atomic mass is 9.96. The SMILES string of the molecule is CCC(NC(=O)C1CCN(S(=O)(=O)c2ccccc2)CC1)c1ccc(S(C)(=O)=O)cc1. The monoisotopic (exact) mass is 464 g/mol. The van der Waals surface area contributed by atoms with Gasteiger partial charge in [-0.2, -0.15) is 4.31 Å². The molecule has 3 rings (SSSR count). The number of carbonyl (C=O) groups is 1. The molecule has 1 N–H and O–H groups in total. The lowest BCUT2D eigenvalue weighted by molar-refractivity contribution is -0.126. The molecule has 1 aliphatic heterocycles. The molecular weight excluding hydrogens is 436 g/mol. The zero-order valence-corrected chi connectivity index (χ0v) is 19.3. The number of nitrogens with zero attached hydrogens (tertiary/aromatic N) is 1. The standard InChI is InChI=1S/C22H28N2O5S2/c1-3-21(17-9-11-19(12-10-17)30(2,26)27)23-22(25)18-13-15-24(16-14-18)31(28,29)20-7-5-4-6-8-20/h4-12,18,21H,3,13-16H2,1-2H3,(H,23,25). The molecule has 31 heavy (non-hydrogen) atoms. The molecule has 1 fully saturated rings. The molecule has 168 valence electrons. The average Bonchev–Trinajstić information content (AvgIpc) is 2.77. The molecule has 1 saturated heterocycles. The Kier molecular flexibility index (Phi) is 7.18. The zero-order valence-electron chi connectivity index (χ0n) is 17.7. The highest BCUT2D eigenvalue weighted by Gasteiger charge is 2.32. The number of nitrogens with one attached hydrogen (secondary N) is 1. The quantitative estimate of drug-likeness (QED) is 0.679. The second-order valence-electron chi connectivity index (χ2n) is 7.80. The molecular formula is C22H28N2O5S2. The molecule has 0 radical (unpaired) electrons. The van der Waals surface area contributed by atoms with E-state index in [1.54, 1.807) is 54.6 Å². The normalized spacial score (nSPS) is 17.2. The van der Waals surface area contributed by atoms with E-state index in [1.807, 2.05) is 6.92 Å². The number of amides is 1. The van der Waals surface area contributed by atoms with E-state index in [-0.39, 0.29) is 27.7 Å². The van der Waals surface area contributed by atoms with Crippen LogP contribution in [0.3, 0.4) is 0 Å². The highest BCUT2D eigenvalue weighted by molar-refractivity contribution is 7.90. The minimum atomic E-state index is -3.55. The molecule has 1 heterocycles. The van der Waals surface area contributed by atoms with Gasteiger partial charge < -0.3 is 5.32 Å². The third-order valence-corrected chi connectivity index (χ3v) is 8.68. The highest BCUT2D eigenvalue weighted by Crippen LogP contribution is 2.25. The maximum absolute atomic E-state index is 12.8. The second-order valence-corrected chi connectivity index (χ2v) is 11.8. The Balaban J connectivity index is 1.61. The first-order chi connectivity index (χ1) is 14.6. The summed E-state index contributed by atoms with van der Waals surface area (Å²) in [5.74, 6) is -0.359. The third kappa shape index (κ3) is 5.53. The van der Waals surface area contributed by atoms with Gasteiger partial charge in [-0.15, -0.1) is 0 Å². The predicted octanol–water partition coefficient (Wildman–Crippen LogP) is 2.76. The molecule has 1 amide bonds. The average molecular weight is 465 g/mol. The molecule has 1 atom stereocenters. The van der Waals surface area contributed by atoms with Crippen molar-refractivity contribution in [2.45, 2.75) is 42.0 Å². The first kappa shape index (κ1) is 23.4. The zero-order chi connectivity index (χ0) is 22.6. The Labute approximate surface area is 184 Å². The summed E-state index contributed by atoms with van der Waals surface area (Å²) in [5, 5.41) is 3.04. The third-order valence-electron chi connectivity index (χ3n) is 5.64. The Morgan fingerprint density at radius 2 is 1.55 bits per heavy atom. The van der Waals surface area contributed by atoms with Crippen LogP contribution in [0.5, 0.6) is 0 Å². The van der Waals surface area contributed by atoms with Crippen molar-refractivity contribution in [1.82, 2.24) is 9.62 Å². The summed E-state index contributed by atoms with van der Waals surface area (Å²) in [6.45, 7) is 2.55. The van der Waals surface area contributed by atoms with Gasteiger partial charge in [-0.05, 0) is 49.1 Å². The van der Waals surface area contributed by atoms with Crippen molar-refractivity contribution in [3.63, 3.8) is 0 Å². The smallest absolute Gasteiger partial charge is 0.243 e. The number of piperidine rings is 1.